The topological polar surface area (TPSA) is 21.3 Å². The Kier molecular flexibility index (Phi) is 2.61. The zero-order valence-electron chi connectivity index (χ0n) is 8.18. The molecule has 0 aromatic rings. The van der Waals surface area contributed by atoms with Crippen LogP contribution in [-0.2, 0) is 4.74 Å². The van der Waals surface area contributed by atoms with E-state index in [1.807, 2.05) is 0 Å². The molecule has 0 aromatic carbocycles. The van der Waals surface area contributed by atoms with Crippen molar-refractivity contribution in [2.45, 2.75) is 33.2 Å². The highest BCUT2D eigenvalue weighted by Crippen LogP contribution is 2.30. The standard InChI is InChI=1S/C9H17NOS/c1-6(2)9(7(3)4)5-11-8(12)10-9/h6-7H,5H2,1-4H3,(H,10,12). The van der Waals surface area contributed by atoms with Crippen LogP contribution in [0.1, 0.15) is 27.7 Å². The maximum absolute atomic E-state index is 5.31. The first-order valence-electron chi connectivity index (χ1n) is 4.44. The van der Waals surface area contributed by atoms with Crippen LogP contribution in [0.15, 0.2) is 0 Å². The van der Waals surface area contributed by atoms with E-state index in [9.17, 15) is 0 Å². The van der Waals surface area contributed by atoms with Crippen LogP contribution in [0.3, 0.4) is 0 Å². The molecule has 70 valence electrons. The first-order chi connectivity index (χ1) is 5.49. The molecule has 0 unspecified atom stereocenters. The van der Waals surface area contributed by atoms with Gasteiger partial charge in [-0.3, -0.25) is 0 Å². The lowest BCUT2D eigenvalue weighted by Gasteiger charge is -2.35. The average Bonchev–Trinajstić information content (AvgIpc) is 2.32. The summed E-state index contributed by atoms with van der Waals surface area (Å²) in [6.45, 7) is 9.50. The van der Waals surface area contributed by atoms with E-state index in [1.54, 1.807) is 0 Å². The van der Waals surface area contributed by atoms with Crippen molar-refractivity contribution in [2.24, 2.45) is 11.8 Å². The number of thiocarbonyl (C=S) groups is 1. The van der Waals surface area contributed by atoms with E-state index in [-0.39, 0.29) is 5.54 Å². The minimum atomic E-state index is 0.0527. The fourth-order valence-electron chi connectivity index (χ4n) is 1.74. The Morgan fingerprint density at radius 2 is 1.83 bits per heavy atom. The Morgan fingerprint density at radius 3 is 2.00 bits per heavy atom. The highest BCUT2D eigenvalue weighted by Gasteiger charge is 2.43. The Balaban J connectivity index is 2.81. The van der Waals surface area contributed by atoms with Gasteiger partial charge in [-0.15, -0.1) is 0 Å². The van der Waals surface area contributed by atoms with Crippen molar-refractivity contribution in [1.29, 1.82) is 0 Å². The Bertz CT molecular complexity index is 181. The molecule has 1 fully saturated rings. The summed E-state index contributed by atoms with van der Waals surface area (Å²) in [7, 11) is 0. The van der Waals surface area contributed by atoms with E-state index in [0.717, 1.165) is 0 Å². The van der Waals surface area contributed by atoms with Gasteiger partial charge in [0.15, 0.2) is 0 Å². The molecule has 1 heterocycles. The molecule has 0 aliphatic carbocycles. The summed E-state index contributed by atoms with van der Waals surface area (Å²) in [4.78, 5) is 0. The molecule has 0 radical (unpaired) electrons. The SMILES string of the molecule is CC(C)C1(C(C)C)COC(=S)N1. The minimum Gasteiger partial charge on any atom is -0.469 e. The molecule has 1 aliphatic heterocycles. The largest absolute Gasteiger partial charge is 0.469 e. The van der Waals surface area contributed by atoms with Crippen molar-refractivity contribution in [3.63, 3.8) is 0 Å². The van der Waals surface area contributed by atoms with E-state index in [2.05, 4.69) is 33.0 Å². The number of nitrogens with one attached hydrogen (secondary N) is 1. The second-order valence-corrected chi connectivity index (χ2v) is 4.42. The Hall–Kier alpha value is -0.310. The number of hydrogen-bond acceptors (Lipinski definition) is 2. The summed E-state index contributed by atoms with van der Waals surface area (Å²) in [5.41, 5.74) is 0.0527. The van der Waals surface area contributed by atoms with Gasteiger partial charge in [0, 0.05) is 0 Å². The maximum atomic E-state index is 5.31. The predicted octanol–water partition coefficient (Wildman–Crippen LogP) is 1.94. The van der Waals surface area contributed by atoms with Gasteiger partial charge in [0.25, 0.3) is 5.17 Å². The smallest absolute Gasteiger partial charge is 0.257 e. The van der Waals surface area contributed by atoms with Crippen molar-refractivity contribution < 1.29 is 4.74 Å². The molecule has 1 saturated heterocycles. The molecule has 0 bridgehead atoms. The predicted molar refractivity (Wildman–Crippen MR) is 54.1 cm³/mol. The van der Waals surface area contributed by atoms with Gasteiger partial charge in [0.05, 0.1) is 5.54 Å². The maximum Gasteiger partial charge on any atom is 0.257 e. The second-order valence-electron chi connectivity index (χ2n) is 4.05. The molecule has 0 saturated carbocycles. The molecule has 1 N–H and O–H groups in total. The van der Waals surface area contributed by atoms with E-state index in [1.165, 1.54) is 0 Å². The lowest BCUT2D eigenvalue weighted by molar-refractivity contribution is 0.157. The van der Waals surface area contributed by atoms with Crippen LogP contribution in [0.2, 0.25) is 0 Å². The van der Waals surface area contributed by atoms with Crippen molar-refractivity contribution in [3.8, 4) is 0 Å². The fraction of sp³-hybridized carbons (Fsp3) is 0.889. The third-order valence-corrected chi connectivity index (χ3v) is 3.06. The van der Waals surface area contributed by atoms with Crippen LogP contribution in [-0.4, -0.2) is 17.3 Å². The van der Waals surface area contributed by atoms with Crippen LogP contribution in [0.4, 0.5) is 0 Å². The molecule has 12 heavy (non-hydrogen) atoms. The first kappa shape index (κ1) is 9.78. The molecule has 1 rings (SSSR count). The van der Waals surface area contributed by atoms with Gasteiger partial charge < -0.3 is 10.1 Å². The highest BCUT2D eigenvalue weighted by atomic mass is 32.1. The van der Waals surface area contributed by atoms with E-state index in [4.69, 9.17) is 17.0 Å². The first-order valence-corrected chi connectivity index (χ1v) is 4.85. The van der Waals surface area contributed by atoms with Gasteiger partial charge in [-0.25, -0.2) is 0 Å². The van der Waals surface area contributed by atoms with Crippen molar-refractivity contribution in [3.05, 3.63) is 0 Å². The summed E-state index contributed by atoms with van der Waals surface area (Å²) in [5.74, 6) is 1.08. The van der Waals surface area contributed by atoms with Gasteiger partial charge in [0.2, 0.25) is 0 Å². The molecule has 2 nitrogen and oxygen atoms in total. The lowest BCUT2D eigenvalue weighted by Crippen LogP contribution is -2.52. The molecule has 0 aromatic heterocycles. The molecule has 1 aliphatic rings. The third kappa shape index (κ3) is 1.42. The third-order valence-electron chi connectivity index (χ3n) is 2.84. The van der Waals surface area contributed by atoms with Crippen molar-refractivity contribution >= 4 is 17.4 Å². The molecule has 3 heteroatoms. The fourth-order valence-corrected chi connectivity index (χ4v) is 1.98. The summed E-state index contributed by atoms with van der Waals surface area (Å²) in [6, 6.07) is 0. The number of ether oxygens (including phenoxy) is 1. The van der Waals surface area contributed by atoms with E-state index < -0.39 is 0 Å². The van der Waals surface area contributed by atoms with Crippen LogP contribution in [0, 0.1) is 11.8 Å². The molecular formula is C9H17NOS. The van der Waals surface area contributed by atoms with Crippen molar-refractivity contribution in [1.82, 2.24) is 5.32 Å². The van der Waals surface area contributed by atoms with Gasteiger partial charge in [-0.05, 0) is 24.1 Å². The van der Waals surface area contributed by atoms with E-state index >= 15 is 0 Å². The normalized spacial score (nSPS) is 21.3. The Morgan fingerprint density at radius 1 is 1.33 bits per heavy atom. The highest BCUT2D eigenvalue weighted by molar-refractivity contribution is 7.80. The summed E-state index contributed by atoms with van der Waals surface area (Å²) in [6.07, 6.45) is 0. The molecule has 0 amide bonds. The lowest BCUT2D eigenvalue weighted by atomic mass is 9.78. The zero-order chi connectivity index (χ0) is 9.35. The summed E-state index contributed by atoms with van der Waals surface area (Å²) < 4.78 is 5.31. The van der Waals surface area contributed by atoms with Crippen LogP contribution < -0.4 is 5.32 Å². The van der Waals surface area contributed by atoms with Gasteiger partial charge in [-0.1, -0.05) is 27.7 Å². The molecule has 0 spiro atoms. The zero-order valence-corrected chi connectivity index (χ0v) is 8.99. The monoisotopic (exact) mass is 187 g/mol. The number of hydrogen-bond donors (Lipinski definition) is 1. The summed E-state index contributed by atoms with van der Waals surface area (Å²) >= 11 is 4.97. The van der Waals surface area contributed by atoms with Gasteiger partial charge in [0.1, 0.15) is 6.61 Å². The van der Waals surface area contributed by atoms with Crippen LogP contribution in [0.5, 0.6) is 0 Å². The van der Waals surface area contributed by atoms with E-state index in [0.29, 0.717) is 23.6 Å². The number of rotatable bonds is 2. The van der Waals surface area contributed by atoms with Crippen molar-refractivity contribution in [2.75, 3.05) is 6.61 Å². The van der Waals surface area contributed by atoms with Crippen LogP contribution >= 0.6 is 12.2 Å². The molecule has 0 atom stereocenters. The van der Waals surface area contributed by atoms with Crippen LogP contribution in [0.25, 0.3) is 0 Å². The average molecular weight is 187 g/mol. The molecular weight excluding hydrogens is 170 g/mol. The summed E-state index contributed by atoms with van der Waals surface area (Å²) in [5, 5.41) is 3.83. The Labute approximate surface area is 79.7 Å². The minimum absolute atomic E-state index is 0.0527. The van der Waals surface area contributed by atoms with Gasteiger partial charge in [-0.2, -0.15) is 0 Å². The quantitative estimate of drug-likeness (QED) is 0.668. The second kappa shape index (κ2) is 3.21. The van der Waals surface area contributed by atoms with Gasteiger partial charge >= 0.3 is 0 Å².